The molecule has 0 spiro atoms. The van der Waals surface area contributed by atoms with Crippen molar-refractivity contribution in [2.45, 2.75) is 13.2 Å². The minimum Gasteiger partial charge on any atom is -0.480 e. The van der Waals surface area contributed by atoms with Gasteiger partial charge in [-0.3, -0.25) is 4.79 Å². The van der Waals surface area contributed by atoms with Crippen molar-refractivity contribution in [2.75, 3.05) is 18.9 Å². The van der Waals surface area contributed by atoms with E-state index in [1.807, 2.05) is 12.1 Å². The molecule has 0 aliphatic carbocycles. The topological polar surface area (TPSA) is 78.9 Å². The molecule has 2 rings (SSSR count). The number of nitrogens with one attached hydrogen (secondary N) is 1. The molecular formula is C12H14N2O4. The normalized spacial score (nSPS) is 12.9. The van der Waals surface area contributed by atoms with Crippen LogP contribution in [0.5, 0.6) is 0 Å². The standard InChI is InChI=1S/C12H14N2O4/c1-14(5-11(15)16)12(17)13-10-3-2-8-6-18-7-9(8)4-10/h2-4H,5-7H2,1H3,(H,13,17)(H,15,16). The number of carboxylic acid groups (broad SMARTS) is 1. The minimum absolute atomic E-state index is 0.333. The van der Waals surface area contributed by atoms with Crippen molar-refractivity contribution >= 4 is 17.7 Å². The molecule has 1 heterocycles. The van der Waals surface area contributed by atoms with Gasteiger partial charge in [-0.05, 0) is 23.3 Å². The second-order valence-corrected chi connectivity index (χ2v) is 4.16. The number of aliphatic carboxylic acids is 1. The SMILES string of the molecule is CN(CC(=O)O)C(=O)Nc1ccc2c(c1)COC2. The third kappa shape index (κ3) is 2.78. The summed E-state index contributed by atoms with van der Waals surface area (Å²) in [7, 11) is 1.43. The van der Waals surface area contributed by atoms with Crippen LogP contribution in [0.2, 0.25) is 0 Å². The van der Waals surface area contributed by atoms with E-state index < -0.39 is 12.0 Å². The van der Waals surface area contributed by atoms with Crippen LogP contribution in [0.4, 0.5) is 10.5 Å². The Morgan fingerprint density at radius 3 is 2.83 bits per heavy atom. The summed E-state index contributed by atoms with van der Waals surface area (Å²) in [5.41, 5.74) is 2.81. The third-order valence-corrected chi connectivity index (χ3v) is 2.69. The lowest BCUT2D eigenvalue weighted by Crippen LogP contribution is -2.35. The van der Waals surface area contributed by atoms with Gasteiger partial charge in [-0.2, -0.15) is 0 Å². The second-order valence-electron chi connectivity index (χ2n) is 4.16. The van der Waals surface area contributed by atoms with Crippen LogP contribution in [0.25, 0.3) is 0 Å². The summed E-state index contributed by atoms with van der Waals surface area (Å²) in [4.78, 5) is 23.3. The molecule has 1 aromatic carbocycles. The number of nitrogens with zero attached hydrogens (tertiary/aromatic N) is 1. The van der Waals surface area contributed by atoms with E-state index in [4.69, 9.17) is 9.84 Å². The predicted octanol–water partition coefficient (Wildman–Crippen LogP) is 1.27. The van der Waals surface area contributed by atoms with Gasteiger partial charge in [0.25, 0.3) is 0 Å². The fraction of sp³-hybridized carbons (Fsp3) is 0.333. The predicted molar refractivity (Wildman–Crippen MR) is 64.2 cm³/mol. The maximum Gasteiger partial charge on any atom is 0.323 e. The van der Waals surface area contributed by atoms with Crippen molar-refractivity contribution in [3.63, 3.8) is 0 Å². The molecule has 96 valence electrons. The van der Waals surface area contributed by atoms with Gasteiger partial charge >= 0.3 is 12.0 Å². The number of likely N-dealkylation sites (N-methyl/N-ethyl adjacent to an activating group) is 1. The summed E-state index contributed by atoms with van der Waals surface area (Å²) < 4.78 is 5.27. The maximum absolute atomic E-state index is 11.7. The smallest absolute Gasteiger partial charge is 0.323 e. The van der Waals surface area contributed by atoms with Gasteiger partial charge in [-0.25, -0.2) is 4.79 Å². The number of carbonyl (C=O) groups excluding carboxylic acids is 1. The molecule has 0 aromatic heterocycles. The Hall–Kier alpha value is -2.08. The van der Waals surface area contributed by atoms with Crippen LogP contribution in [0.15, 0.2) is 18.2 Å². The lowest BCUT2D eigenvalue weighted by Gasteiger charge is -2.15. The van der Waals surface area contributed by atoms with Crippen LogP contribution in [-0.4, -0.2) is 35.6 Å². The molecule has 1 aliphatic heterocycles. The number of urea groups is 1. The van der Waals surface area contributed by atoms with E-state index >= 15 is 0 Å². The zero-order valence-electron chi connectivity index (χ0n) is 9.97. The van der Waals surface area contributed by atoms with Crippen LogP contribution in [-0.2, 0) is 22.7 Å². The molecule has 1 aromatic rings. The highest BCUT2D eigenvalue weighted by Crippen LogP contribution is 2.23. The van der Waals surface area contributed by atoms with E-state index in [9.17, 15) is 9.59 Å². The number of rotatable bonds is 3. The van der Waals surface area contributed by atoms with Gasteiger partial charge in [0.1, 0.15) is 6.54 Å². The summed E-state index contributed by atoms with van der Waals surface area (Å²) >= 11 is 0. The van der Waals surface area contributed by atoms with Crippen molar-refractivity contribution < 1.29 is 19.4 Å². The number of anilines is 1. The number of hydrogen-bond donors (Lipinski definition) is 2. The Labute approximate surface area is 104 Å². The third-order valence-electron chi connectivity index (χ3n) is 2.69. The first-order valence-electron chi connectivity index (χ1n) is 5.49. The molecule has 1 aliphatic rings. The van der Waals surface area contributed by atoms with Crippen LogP contribution < -0.4 is 5.32 Å². The number of carboxylic acids is 1. The van der Waals surface area contributed by atoms with Gasteiger partial charge in [0, 0.05) is 12.7 Å². The number of benzene rings is 1. The van der Waals surface area contributed by atoms with Crippen LogP contribution in [0.3, 0.4) is 0 Å². The molecule has 2 amide bonds. The molecule has 2 N–H and O–H groups in total. The Morgan fingerprint density at radius 2 is 2.11 bits per heavy atom. The summed E-state index contributed by atoms with van der Waals surface area (Å²) in [6, 6.07) is 5.07. The maximum atomic E-state index is 11.7. The molecule has 0 radical (unpaired) electrons. The molecule has 0 fully saturated rings. The first kappa shape index (κ1) is 12.4. The van der Waals surface area contributed by atoms with Crippen LogP contribution in [0.1, 0.15) is 11.1 Å². The van der Waals surface area contributed by atoms with E-state index in [1.165, 1.54) is 7.05 Å². The van der Waals surface area contributed by atoms with Crippen molar-refractivity contribution in [1.82, 2.24) is 4.90 Å². The number of amides is 2. The van der Waals surface area contributed by atoms with E-state index in [0.29, 0.717) is 18.9 Å². The number of carbonyl (C=O) groups is 2. The molecule has 18 heavy (non-hydrogen) atoms. The molecule has 0 atom stereocenters. The first-order valence-corrected chi connectivity index (χ1v) is 5.49. The Balaban J connectivity index is 2.01. The Kier molecular flexibility index (Phi) is 3.47. The quantitative estimate of drug-likeness (QED) is 0.846. The van der Waals surface area contributed by atoms with Crippen molar-refractivity contribution in [2.24, 2.45) is 0 Å². The zero-order valence-corrected chi connectivity index (χ0v) is 9.97. The van der Waals surface area contributed by atoms with Gasteiger partial charge in [0.05, 0.1) is 13.2 Å². The summed E-state index contributed by atoms with van der Waals surface area (Å²) in [5, 5.41) is 11.2. The number of fused-ring (bicyclic) bond motifs is 1. The summed E-state index contributed by atoms with van der Waals surface area (Å²) in [5.74, 6) is -1.05. The molecule has 0 saturated heterocycles. The minimum atomic E-state index is -1.05. The van der Waals surface area contributed by atoms with Crippen molar-refractivity contribution in [1.29, 1.82) is 0 Å². The molecule has 0 bridgehead atoms. The van der Waals surface area contributed by atoms with Gasteiger partial charge < -0.3 is 20.1 Å². The van der Waals surface area contributed by atoms with Gasteiger partial charge in [0.2, 0.25) is 0 Å². The lowest BCUT2D eigenvalue weighted by molar-refractivity contribution is -0.137. The number of hydrogen-bond acceptors (Lipinski definition) is 3. The Bertz CT molecular complexity index is 487. The monoisotopic (exact) mass is 250 g/mol. The van der Waals surface area contributed by atoms with Crippen LogP contribution in [0, 0.1) is 0 Å². The van der Waals surface area contributed by atoms with E-state index in [0.717, 1.165) is 16.0 Å². The summed E-state index contributed by atoms with van der Waals surface area (Å²) in [6.45, 7) is 0.812. The molecule has 6 nitrogen and oxygen atoms in total. The first-order chi connectivity index (χ1) is 8.56. The average Bonchev–Trinajstić information content (AvgIpc) is 2.75. The van der Waals surface area contributed by atoms with Gasteiger partial charge in [-0.1, -0.05) is 6.07 Å². The van der Waals surface area contributed by atoms with E-state index in [1.54, 1.807) is 6.07 Å². The van der Waals surface area contributed by atoms with Crippen molar-refractivity contribution in [3.05, 3.63) is 29.3 Å². The fourth-order valence-electron chi connectivity index (χ4n) is 1.74. The second kappa shape index (κ2) is 5.05. The zero-order chi connectivity index (χ0) is 13.1. The molecular weight excluding hydrogens is 236 g/mol. The van der Waals surface area contributed by atoms with Crippen LogP contribution >= 0.6 is 0 Å². The largest absolute Gasteiger partial charge is 0.480 e. The van der Waals surface area contributed by atoms with E-state index in [-0.39, 0.29) is 6.54 Å². The van der Waals surface area contributed by atoms with E-state index in [2.05, 4.69) is 5.32 Å². The van der Waals surface area contributed by atoms with Gasteiger partial charge in [-0.15, -0.1) is 0 Å². The Morgan fingerprint density at radius 1 is 1.39 bits per heavy atom. The average molecular weight is 250 g/mol. The number of ether oxygens (including phenoxy) is 1. The van der Waals surface area contributed by atoms with Crippen molar-refractivity contribution in [3.8, 4) is 0 Å². The van der Waals surface area contributed by atoms with Gasteiger partial charge in [0.15, 0.2) is 0 Å². The molecule has 0 saturated carbocycles. The molecule has 6 heteroatoms. The lowest BCUT2D eigenvalue weighted by atomic mass is 10.1. The fourth-order valence-corrected chi connectivity index (χ4v) is 1.74. The highest BCUT2D eigenvalue weighted by atomic mass is 16.5. The summed E-state index contributed by atoms with van der Waals surface area (Å²) in [6.07, 6.45) is 0. The molecule has 0 unspecified atom stereocenters. The highest BCUT2D eigenvalue weighted by Gasteiger charge is 2.14. The highest BCUT2D eigenvalue weighted by molar-refractivity contribution is 5.91.